The van der Waals surface area contributed by atoms with Gasteiger partial charge in [0.15, 0.2) is 11.2 Å². The summed E-state index contributed by atoms with van der Waals surface area (Å²) >= 11 is 1.32. The number of nitrogen functional groups attached to an aromatic ring is 1. The van der Waals surface area contributed by atoms with E-state index < -0.39 is 18.0 Å². The monoisotopic (exact) mass is 431 g/mol. The van der Waals surface area contributed by atoms with Crippen LogP contribution < -0.4 is 11.1 Å². The number of aromatic nitrogens is 1. The Labute approximate surface area is 183 Å². The molecule has 0 fully saturated rings. The molecule has 4 aromatic rings. The smallest absolute Gasteiger partial charge is 0.338 e. The van der Waals surface area contributed by atoms with Crippen LogP contribution in [0.4, 0.5) is 10.8 Å². The maximum atomic E-state index is 12.7. The van der Waals surface area contributed by atoms with Crippen LogP contribution in [0, 0.1) is 0 Å². The van der Waals surface area contributed by atoms with Crippen molar-refractivity contribution in [3.05, 3.63) is 77.7 Å². The fraction of sp³-hybridized carbons (Fsp3) is 0.125. The predicted octanol–water partition coefficient (Wildman–Crippen LogP) is 5.12. The fourth-order valence-electron chi connectivity index (χ4n) is 3.18. The third kappa shape index (κ3) is 4.73. The van der Waals surface area contributed by atoms with Crippen molar-refractivity contribution in [2.45, 2.75) is 19.4 Å². The number of ether oxygens (including phenoxy) is 1. The Hall–Kier alpha value is -3.71. The molecule has 0 radical (unpaired) electrons. The van der Waals surface area contributed by atoms with Crippen molar-refractivity contribution in [3.8, 4) is 11.3 Å². The van der Waals surface area contributed by atoms with Crippen LogP contribution in [0.25, 0.3) is 22.0 Å². The minimum absolute atomic E-state index is 0.305. The normalized spacial score (nSPS) is 11.8. The van der Waals surface area contributed by atoms with Gasteiger partial charge in [0.2, 0.25) is 0 Å². The van der Waals surface area contributed by atoms with Crippen LogP contribution in [-0.4, -0.2) is 23.0 Å². The number of carbonyl (C=O) groups is 2. The van der Waals surface area contributed by atoms with Gasteiger partial charge in [-0.05, 0) is 41.5 Å². The molecular formula is C24H21N3O3S. The molecular weight excluding hydrogens is 410 g/mol. The Bertz CT molecular complexity index is 1250. The highest BCUT2D eigenvalue weighted by molar-refractivity contribution is 7.14. The minimum Gasteiger partial charge on any atom is -0.449 e. The van der Waals surface area contributed by atoms with Crippen LogP contribution in [-0.2, 0) is 9.53 Å². The summed E-state index contributed by atoms with van der Waals surface area (Å²) in [4.78, 5) is 29.5. The third-order valence-corrected chi connectivity index (χ3v) is 5.57. The highest BCUT2D eigenvalue weighted by Gasteiger charge is 2.23. The van der Waals surface area contributed by atoms with Crippen LogP contribution in [0.5, 0.6) is 0 Å². The topological polar surface area (TPSA) is 94.3 Å². The number of carbonyl (C=O) groups excluding carboxylic acids is 2. The number of rotatable bonds is 6. The van der Waals surface area contributed by atoms with E-state index in [4.69, 9.17) is 10.5 Å². The van der Waals surface area contributed by atoms with E-state index in [2.05, 4.69) is 28.5 Å². The summed E-state index contributed by atoms with van der Waals surface area (Å²) in [6, 6.07) is 20.7. The number of hydrogen-bond donors (Lipinski definition) is 2. The Kier molecular flexibility index (Phi) is 5.95. The number of nitrogens with two attached hydrogens (primary N) is 1. The molecule has 7 heteroatoms. The largest absolute Gasteiger partial charge is 0.449 e. The lowest BCUT2D eigenvalue weighted by Crippen LogP contribution is -2.32. The van der Waals surface area contributed by atoms with Gasteiger partial charge in [0.05, 0.1) is 11.3 Å². The van der Waals surface area contributed by atoms with E-state index in [0.717, 1.165) is 22.0 Å². The number of thiazole rings is 1. The van der Waals surface area contributed by atoms with Crippen molar-refractivity contribution in [1.29, 1.82) is 0 Å². The highest BCUT2D eigenvalue weighted by atomic mass is 32.1. The first-order chi connectivity index (χ1) is 15.0. The standard InChI is InChI=1S/C24H21N3O3S/c1-2-21(30-23(29)18-8-5-9-19(25)13-18)22(28)27-24-26-20(14-31-24)17-11-10-15-6-3-4-7-16(15)12-17/h3-14,21H,2,25H2,1H3,(H,26,27,28). The number of fused-ring (bicyclic) bond motifs is 1. The molecule has 1 unspecified atom stereocenters. The van der Waals surface area contributed by atoms with Gasteiger partial charge in [0, 0.05) is 16.6 Å². The number of anilines is 2. The fourth-order valence-corrected chi connectivity index (χ4v) is 3.91. The molecule has 0 saturated heterocycles. The molecule has 1 atom stereocenters. The van der Waals surface area contributed by atoms with Crippen molar-refractivity contribution in [1.82, 2.24) is 4.98 Å². The second kappa shape index (κ2) is 8.97. The van der Waals surface area contributed by atoms with Gasteiger partial charge < -0.3 is 10.5 Å². The molecule has 6 nitrogen and oxygen atoms in total. The number of nitrogens with zero attached hydrogens (tertiary/aromatic N) is 1. The van der Waals surface area contributed by atoms with E-state index in [-0.39, 0.29) is 0 Å². The van der Waals surface area contributed by atoms with Crippen LogP contribution >= 0.6 is 11.3 Å². The molecule has 3 aromatic carbocycles. The van der Waals surface area contributed by atoms with E-state index in [0.29, 0.717) is 22.8 Å². The van der Waals surface area contributed by atoms with E-state index in [1.807, 2.05) is 29.6 Å². The Morgan fingerprint density at radius 2 is 1.87 bits per heavy atom. The summed E-state index contributed by atoms with van der Waals surface area (Å²) < 4.78 is 5.38. The molecule has 0 spiro atoms. The van der Waals surface area contributed by atoms with E-state index >= 15 is 0 Å². The first kappa shape index (κ1) is 20.6. The molecule has 1 heterocycles. The molecule has 0 saturated carbocycles. The van der Waals surface area contributed by atoms with Gasteiger partial charge in [-0.2, -0.15) is 0 Å². The maximum absolute atomic E-state index is 12.7. The molecule has 0 aliphatic heterocycles. The van der Waals surface area contributed by atoms with Gasteiger partial charge in [-0.1, -0.05) is 49.4 Å². The van der Waals surface area contributed by atoms with Crippen molar-refractivity contribution >= 4 is 44.8 Å². The molecule has 0 aliphatic carbocycles. The van der Waals surface area contributed by atoms with Crippen LogP contribution in [0.2, 0.25) is 0 Å². The molecule has 1 aromatic heterocycles. The lowest BCUT2D eigenvalue weighted by atomic mass is 10.1. The molecule has 4 rings (SSSR count). The Morgan fingerprint density at radius 1 is 1.06 bits per heavy atom. The quantitative estimate of drug-likeness (QED) is 0.326. The van der Waals surface area contributed by atoms with Gasteiger partial charge in [-0.3, -0.25) is 10.1 Å². The van der Waals surface area contributed by atoms with Crippen LogP contribution in [0.3, 0.4) is 0 Å². The molecule has 1 amide bonds. The highest BCUT2D eigenvalue weighted by Crippen LogP contribution is 2.28. The van der Waals surface area contributed by atoms with Gasteiger partial charge in [-0.25, -0.2) is 9.78 Å². The number of esters is 1. The molecule has 156 valence electrons. The van der Waals surface area contributed by atoms with Gasteiger partial charge in [-0.15, -0.1) is 11.3 Å². The zero-order chi connectivity index (χ0) is 21.8. The first-order valence-electron chi connectivity index (χ1n) is 9.85. The summed E-state index contributed by atoms with van der Waals surface area (Å²) in [7, 11) is 0. The zero-order valence-corrected chi connectivity index (χ0v) is 17.7. The predicted molar refractivity (Wildman–Crippen MR) is 124 cm³/mol. The summed E-state index contributed by atoms with van der Waals surface area (Å²) in [5, 5.41) is 7.37. The first-order valence-corrected chi connectivity index (χ1v) is 10.7. The molecule has 0 bridgehead atoms. The Balaban J connectivity index is 1.45. The van der Waals surface area contributed by atoms with Crippen molar-refractivity contribution in [2.24, 2.45) is 0 Å². The van der Waals surface area contributed by atoms with Crippen molar-refractivity contribution < 1.29 is 14.3 Å². The van der Waals surface area contributed by atoms with Crippen molar-refractivity contribution in [3.63, 3.8) is 0 Å². The lowest BCUT2D eigenvalue weighted by molar-refractivity contribution is -0.124. The average Bonchev–Trinajstić information content (AvgIpc) is 3.25. The average molecular weight is 432 g/mol. The van der Waals surface area contributed by atoms with Gasteiger partial charge >= 0.3 is 5.97 Å². The maximum Gasteiger partial charge on any atom is 0.338 e. The lowest BCUT2D eigenvalue weighted by Gasteiger charge is -2.15. The second-order valence-electron chi connectivity index (χ2n) is 7.02. The minimum atomic E-state index is -0.929. The molecule has 31 heavy (non-hydrogen) atoms. The number of nitrogens with one attached hydrogen (secondary N) is 1. The SMILES string of the molecule is CCC(OC(=O)c1cccc(N)c1)C(=O)Nc1nc(-c2ccc3ccccc3c2)cs1. The zero-order valence-electron chi connectivity index (χ0n) is 16.9. The van der Waals surface area contributed by atoms with Gasteiger partial charge in [0.25, 0.3) is 5.91 Å². The molecule has 3 N–H and O–H groups in total. The van der Waals surface area contributed by atoms with Crippen LogP contribution in [0.15, 0.2) is 72.1 Å². The number of hydrogen-bond acceptors (Lipinski definition) is 6. The summed E-state index contributed by atoms with van der Waals surface area (Å²) in [5.41, 5.74) is 8.21. The van der Waals surface area contributed by atoms with E-state index in [9.17, 15) is 9.59 Å². The van der Waals surface area contributed by atoms with Crippen LogP contribution in [0.1, 0.15) is 23.7 Å². The molecule has 0 aliphatic rings. The second-order valence-corrected chi connectivity index (χ2v) is 7.87. The number of benzene rings is 3. The third-order valence-electron chi connectivity index (χ3n) is 4.81. The number of amides is 1. The van der Waals surface area contributed by atoms with Crippen molar-refractivity contribution in [2.75, 3.05) is 11.1 Å². The van der Waals surface area contributed by atoms with Gasteiger partial charge in [0.1, 0.15) is 0 Å². The summed E-state index contributed by atoms with van der Waals surface area (Å²) in [6.07, 6.45) is -0.593. The van der Waals surface area contributed by atoms with E-state index in [1.165, 1.54) is 17.4 Å². The summed E-state index contributed by atoms with van der Waals surface area (Å²) in [6.45, 7) is 1.78. The Morgan fingerprint density at radius 3 is 2.65 bits per heavy atom. The van der Waals surface area contributed by atoms with E-state index in [1.54, 1.807) is 25.1 Å². The summed E-state index contributed by atoms with van der Waals surface area (Å²) in [5.74, 6) is -1.01.